The number of rotatable bonds is 15. The molecule has 9 nitrogen and oxygen atoms in total. The number of β-lactam (4-membered cyclic amide) rings is 1. The number of hydrogen-bond donors (Lipinski definition) is 3. The molecule has 10 heteroatoms. The molecule has 3 rings (SSSR count). The lowest BCUT2D eigenvalue weighted by Gasteiger charge is -2.47. The minimum absolute atomic E-state index is 0.0482. The number of nitrogens with zero attached hydrogens (tertiary/aromatic N) is 1. The fraction of sp³-hybridized carbons (Fsp3) is 0.406. The first-order chi connectivity index (χ1) is 20.0. The average molecular weight is 595 g/mol. The van der Waals surface area contributed by atoms with Crippen LogP contribution in [0.25, 0.3) is 10.8 Å². The summed E-state index contributed by atoms with van der Waals surface area (Å²) < 4.78 is 0. The van der Waals surface area contributed by atoms with E-state index in [4.69, 9.17) is 0 Å². The van der Waals surface area contributed by atoms with Crippen molar-refractivity contribution in [1.82, 2.24) is 10.2 Å². The molecule has 1 heterocycles. The number of ketones is 1. The second-order valence-corrected chi connectivity index (χ2v) is 11.3. The van der Waals surface area contributed by atoms with E-state index in [1.54, 1.807) is 31.2 Å². The fourth-order valence-electron chi connectivity index (χ4n) is 5.06. The number of Topliss-reactive ketones (excluding diaryl/α,β-unsaturated/α-hetero) is 1. The number of hydrogen-bond acceptors (Lipinski definition) is 6. The topological polar surface area (TPSA) is 141 Å². The van der Waals surface area contributed by atoms with Gasteiger partial charge in [0.1, 0.15) is 11.7 Å². The summed E-state index contributed by atoms with van der Waals surface area (Å²) in [7, 11) is 0. The van der Waals surface area contributed by atoms with Gasteiger partial charge in [-0.1, -0.05) is 52.2 Å². The summed E-state index contributed by atoms with van der Waals surface area (Å²) in [5.41, 5.74) is 0.982. The monoisotopic (exact) mass is 594 g/mol. The van der Waals surface area contributed by atoms with Crippen molar-refractivity contribution in [1.29, 1.82) is 0 Å². The number of carboxylic acids is 2. The van der Waals surface area contributed by atoms with Gasteiger partial charge < -0.3 is 15.5 Å². The Morgan fingerprint density at radius 2 is 1.69 bits per heavy atom. The number of nitrogens with one attached hydrogen (secondary N) is 1. The second kappa shape index (κ2) is 14.8. The van der Waals surface area contributed by atoms with E-state index in [9.17, 15) is 34.2 Å². The number of aromatic carboxylic acids is 1. The third kappa shape index (κ3) is 7.67. The van der Waals surface area contributed by atoms with E-state index in [2.05, 4.69) is 5.32 Å². The number of carbonyl (C=O) groups excluding carboxylic acids is 3. The molecule has 0 spiro atoms. The molecular weight excluding hydrogens is 556 g/mol. The highest BCUT2D eigenvalue weighted by Gasteiger charge is 2.51. The largest absolute Gasteiger partial charge is 0.478 e. The molecule has 0 radical (unpaired) electrons. The molecule has 1 aliphatic heterocycles. The number of fused-ring (bicyclic) bond motifs is 1. The third-order valence-corrected chi connectivity index (χ3v) is 8.26. The highest BCUT2D eigenvalue weighted by Crippen LogP contribution is 2.33. The van der Waals surface area contributed by atoms with Crippen LogP contribution in [0.4, 0.5) is 0 Å². The van der Waals surface area contributed by atoms with Crippen LogP contribution >= 0.6 is 11.8 Å². The van der Waals surface area contributed by atoms with Crippen molar-refractivity contribution in [3.05, 3.63) is 64.9 Å². The predicted molar refractivity (Wildman–Crippen MR) is 162 cm³/mol. The highest BCUT2D eigenvalue weighted by atomic mass is 32.2. The molecule has 1 aliphatic rings. The molecule has 2 aromatic rings. The summed E-state index contributed by atoms with van der Waals surface area (Å²) in [5, 5.41) is 23.8. The lowest BCUT2D eigenvalue weighted by Crippen LogP contribution is -2.70. The van der Waals surface area contributed by atoms with Gasteiger partial charge in [-0.25, -0.2) is 9.59 Å². The lowest BCUT2D eigenvalue weighted by molar-refractivity contribution is -0.154. The Bertz CT molecular complexity index is 1450. The molecule has 2 unspecified atom stereocenters. The van der Waals surface area contributed by atoms with E-state index in [0.29, 0.717) is 30.4 Å². The summed E-state index contributed by atoms with van der Waals surface area (Å²) in [6.07, 6.45) is 5.27. The number of benzene rings is 2. The first-order valence-corrected chi connectivity index (χ1v) is 15.2. The van der Waals surface area contributed by atoms with E-state index >= 15 is 0 Å². The number of thioether (sulfide) groups is 1. The van der Waals surface area contributed by atoms with Crippen molar-refractivity contribution in [2.45, 2.75) is 83.2 Å². The van der Waals surface area contributed by atoms with E-state index in [0.717, 1.165) is 34.9 Å². The van der Waals surface area contributed by atoms with Crippen molar-refractivity contribution in [2.75, 3.05) is 5.75 Å². The molecule has 3 N–H and O–H groups in total. The van der Waals surface area contributed by atoms with Crippen LogP contribution in [0.15, 0.2) is 64.2 Å². The van der Waals surface area contributed by atoms with E-state index < -0.39 is 29.9 Å². The number of carbonyl (C=O) groups is 5. The molecule has 2 atom stereocenters. The molecular formula is C32H38N2O7S. The Morgan fingerprint density at radius 1 is 1.00 bits per heavy atom. The van der Waals surface area contributed by atoms with Crippen molar-refractivity contribution in [2.24, 2.45) is 0 Å². The van der Waals surface area contributed by atoms with Gasteiger partial charge in [0.25, 0.3) is 5.91 Å². The maximum atomic E-state index is 13.4. The molecule has 224 valence electrons. The van der Waals surface area contributed by atoms with Gasteiger partial charge in [0.2, 0.25) is 5.91 Å². The molecule has 2 aromatic carbocycles. The maximum absolute atomic E-state index is 13.4. The van der Waals surface area contributed by atoms with Gasteiger partial charge in [0, 0.05) is 4.90 Å². The molecule has 1 saturated heterocycles. The summed E-state index contributed by atoms with van der Waals surface area (Å²) in [6, 6.07) is 8.97. The Labute approximate surface area is 250 Å². The predicted octanol–water partition coefficient (Wildman–Crippen LogP) is 5.58. The third-order valence-electron chi connectivity index (χ3n) is 7.27. The summed E-state index contributed by atoms with van der Waals surface area (Å²) in [4.78, 5) is 64.2. The Kier molecular flexibility index (Phi) is 11.5. The standard InChI is InChI=1S/C32H38N2O7S/c1-5-8-10-26-28(30(37)34(26)29(32(40)41)20(7-3)15-21(9-6-2)19(4)35)33-27(36)18-42-25-14-13-22-16-24(31(38)39)12-11-23(22)17-25/h11-17,26,28H,5-10,18H2,1-4H3,(H,33,36)(H,38,39)(H,40,41)/b21-15+,29-20+. The van der Waals surface area contributed by atoms with Crippen LogP contribution in [0, 0.1) is 0 Å². The summed E-state index contributed by atoms with van der Waals surface area (Å²) in [6.45, 7) is 7.17. The van der Waals surface area contributed by atoms with Crippen LogP contribution in [0.3, 0.4) is 0 Å². The maximum Gasteiger partial charge on any atom is 0.352 e. The molecule has 0 aromatic heterocycles. The van der Waals surface area contributed by atoms with Gasteiger partial charge >= 0.3 is 11.9 Å². The summed E-state index contributed by atoms with van der Waals surface area (Å²) >= 11 is 1.29. The van der Waals surface area contributed by atoms with Crippen LogP contribution in [-0.2, 0) is 19.2 Å². The molecule has 42 heavy (non-hydrogen) atoms. The highest BCUT2D eigenvalue weighted by molar-refractivity contribution is 8.00. The lowest BCUT2D eigenvalue weighted by atomic mass is 9.88. The number of amides is 2. The van der Waals surface area contributed by atoms with Crippen LogP contribution in [0.5, 0.6) is 0 Å². The Balaban J connectivity index is 1.78. The number of unbranched alkanes of at least 4 members (excludes halogenated alkanes) is 1. The van der Waals surface area contributed by atoms with Gasteiger partial charge in [-0.2, -0.15) is 0 Å². The van der Waals surface area contributed by atoms with Gasteiger partial charge in [-0.15, -0.1) is 11.8 Å². The van der Waals surface area contributed by atoms with Gasteiger partial charge in [0.05, 0.1) is 17.4 Å². The summed E-state index contributed by atoms with van der Waals surface area (Å²) in [5.74, 6) is -3.16. The zero-order valence-electron chi connectivity index (χ0n) is 24.4. The van der Waals surface area contributed by atoms with Gasteiger partial charge in [-0.05, 0) is 78.4 Å². The zero-order chi connectivity index (χ0) is 31.0. The molecule has 1 fully saturated rings. The van der Waals surface area contributed by atoms with Crippen molar-refractivity contribution in [3.8, 4) is 0 Å². The molecule has 0 bridgehead atoms. The van der Waals surface area contributed by atoms with Gasteiger partial charge in [0.15, 0.2) is 5.78 Å². The van der Waals surface area contributed by atoms with Crippen LogP contribution in [0.2, 0.25) is 0 Å². The Morgan fingerprint density at radius 3 is 2.29 bits per heavy atom. The Hall–Kier alpha value is -3.92. The first kappa shape index (κ1) is 32.6. The van der Waals surface area contributed by atoms with Crippen LogP contribution < -0.4 is 5.32 Å². The second-order valence-electron chi connectivity index (χ2n) is 10.3. The van der Waals surface area contributed by atoms with Gasteiger partial charge in [-0.3, -0.25) is 19.3 Å². The SMILES string of the molecule is CCCCC1C(NC(=O)CSc2ccc3cc(C(=O)O)ccc3c2)C(=O)N1/C(C(=O)O)=C(/C=C(\CCC)C(C)=O)CC. The number of likely N-dealkylation sites (tertiary alicyclic amines) is 1. The van der Waals surface area contributed by atoms with E-state index in [1.807, 2.05) is 26.0 Å². The minimum atomic E-state index is -1.25. The van der Waals surface area contributed by atoms with Crippen LogP contribution in [-0.4, -0.2) is 62.5 Å². The van der Waals surface area contributed by atoms with E-state index in [1.165, 1.54) is 29.7 Å². The fourth-order valence-corrected chi connectivity index (χ4v) is 5.82. The average Bonchev–Trinajstić information content (AvgIpc) is 2.96. The number of carboxylic acid groups (broad SMARTS) is 2. The van der Waals surface area contributed by atoms with Crippen LogP contribution in [0.1, 0.15) is 76.6 Å². The van der Waals surface area contributed by atoms with Crippen molar-refractivity contribution >= 4 is 52.1 Å². The molecule has 0 aliphatic carbocycles. The van der Waals surface area contributed by atoms with Crippen molar-refractivity contribution < 1.29 is 34.2 Å². The van der Waals surface area contributed by atoms with E-state index in [-0.39, 0.29) is 28.7 Å². The van der Waals surface area contributed by atoms with Crippen molar-refractivity contribution in [3.63, 3.8) is 0 Å². The number of aliphatic carboxylic acids is 1. The number of allylic oxidation sites excluding steroid dienone is 3. The minimum Gasteiger partial charge on any atom is -0.478 e. The normalized spacial score (nSPS) is 17.5. The first-order valence-electron chi connectivity index (χ1n) is 14.2. The smallest absolute Gasteiger partial charge is 0.352 e. The molecule has 2 amide bonds. The quantitative estimate of drug-likeness (QED) is 0.105. The molecule has 0 saturated carbocycles. The zero-order valence-corrected chi connectivity index (χ0v) is 25.3.